The quantitative estimate of drug-likeness (QED) is 0.747. The van der Waals surface area contributed by atoms with E-state index in [0.717, 1.165) is 6.07 Å². The summed E-state index contributed by atoms with van der Waals surface area (Å²) in [6, 6.07) is 3.00. The number of H-pyrrole nitrogens is 1. The Labute approximate surface area is 114 Å². The molecule has 108 valence electrons. The van der Waals surface area contributed by atoms with Crippen LogP contribution in [0.2, 0.25) is 0 Å². The Morgan fingerprint density at radius 1 is 1.35 bits per heavy atom. The predicted octanol–water partition coefficient (Wildman–Crippen LogP) is 1.63. The third-order valence-electron chi connectivity index (χ3n) is 2.56. The highest BCUT2D eigenvalue weighted by Gasteiger charge is 2.23. The Hall–Kier alpha value is -2.16. The van der Waals surface area contributed by atoms with E-state index < -0.39 is 26.6 Å². The molecule has 4 N–H and O–H groups in total. The Balaban J connectivity index is 2.40. The van der Waals surface area contributed by atoms with Gasteiger partial charge in [0, 0.05) is 17.4 Å². The van der Waals surface area contributed by atoms with Crippen molar-refractivity contribution < 1.29 is 17.2 Å². The molecular formula is C11H12F2N4O2S. The van der Waals surface area contributed by atoms with Crippen molar-refractivity contribution in [3.8, 4) is 0 Å². The van der Waals surface area contributed by atoms with Crippen LogP contribution in [0.4, 0.5) is 20.3 Å². The van der Waals surface area contributed by atoms with Crippen LogP contribution in [-0.2, 0) is 16.4 Å². The number of aromatic nitrogens is 2. The molecule has 0 aliphatic carbocycles. The second-order valence-corrected chi connectivity index (χ2v) is 5.70. The average Bonchev–Trinajstić information content (AvgIpc) is 2.80. The SMILES string of the molecule is CCc1cc(NS(=O)(=O)c2cc(N)cc(F)c2F)n[nH]1. The Bertz CT molecular complexity index is 743. The summed E-state index contributed by atoms with van der Waals surface area (Å²) in [5, 5.41) is 6.31. The molecule has 0 saturated heterocycles. The average molecular weight is 302 g/mol. The highest BCUT2D eigenvalue weighted by molar-refractivity contribution is 7.92. The number of benzene rings is 1. The first-order chi connectivity index (χ1) is 9.33. The van der Waals surface area contributed by atoms with Gasteiger partial charge >= 0.3 is 0 Å². The lowest BCUT2D eigenvalue weighted by Crippen LogP contribution is -2.16. The summed E-state index contributed by atoms with van der Waals surface area (Å²) < 4.78 is 52.8. The van der Waals surface area contributed by atoms with Crippen molar-refractivity contribution in [2.45, 2.75) is 18.2 Å². The van der Waals surface area contributed by atoms with Gasteiger partial charge in [0.25, 0.3) is 10.0 Å². The number of hydrogen-bond acceptors (Lipinski definition) is 4. The molecule has 0 saturated carbocycles. The molecule has 2 rings (SSSR count). The molecule has 0 radical (unpaired) electrons. The zero-order valence-electron chi connectivity index (χ0n) is 10.4. The third kappa shape index (κ3) is 2.72. The maximum absolute atomic E-state index is 13.6. The number of anilines is 2. The van der Waals surface area contributed by atoms with Gasteiger partial charge < -0.3 is 5.73 Å². The van der Waals surface area contributed by atoms with E-state index in [1.165, 1.54) is 6.07 Å². The van der Waals surface area contributed by atoms with Crippen molar-refractivity contribution in [2.75, 3.05) is 10.5 Å². The van der Waals surface area contributed by atoms with Crippen LogP contribution in [0.5, 0.6) is 0 Å². The smallest absolute Gasteiger partial charge is 0.266 e. The standard InChI is InChI=1S/C11H12F2N4O2S/c1-2-7-5-10(16-15-7)17-20(18,19)9-4-6(14)3-8(12)11(9)13/h3-5H,2,14H2,1H3,(H2,15,16,17). The van der Waals surface area contributed by atoms with E-state index in [1.54, 1.807) is 0 Å². The molecular weight excluding hydrogens is 290 g/mol. The Morgan fingerprint density at radius 2 is 2.05 bits per heavy atom. The molecule has 0 spiro atoms. The zero-order valence-corrected chi connectivity index (χ0v) is 11.3. The highest BCUT2D eigenvalue weighted by atomic mass is 32.2. The molecule has 1 heterocycles. The summed E-state index contributed by atoms with van der Waals surface area (Å²) in [7, 11) is -4.31. The molecule has 20 heavy (non-hydrogen) atoms. The molecule has 1 aromatic carbocycles. The number of nitrogen functional groups attached to an aromatic ring is 1. The molecule has 0 bridgehead atoms. The zero-order chi connectivity index (χ0) is 14.9. The van der Waals surface area contributed by atoms with Crippen LogP contribution < -0.4 is 10.5 Å². The Morgan fingerprint density at radius 3 is 2.65 bits per heavy atom. The number of rotatable bonds is 4. The van der Waals surface area contributed by atoms with Gasteiger partial charge in [-0.05, 0) is 18.6 Å². The van der Waals surface area contributed by atoms with Gasteiger partial charge in [0.05, 0.1) is 0 Å². The molecule has 9 heteroatoms. The van der Waals surface area contributed by atoms with E-state index >= 15 is 0 Å². The van der Waals surface area contributed by atoms with Gasteiger partial charge in [0.15, 0.2) is 17.5 Å². The van der Waals surface area contributed by atoms with E-state index in [9.17, 15) is 17.2 Å². The summed E-state index contributed by atoms with van der Waals surface area (Å²) >= 11 is 0. The van der Waals surface area contributed by atoms with Crippen LogP contribution in [0.3, 0.4) is 0 Å². The summed E-state index contributed by atoms with van der Waals surface area (Å²) in [5.41, 5.74) is 5.83. The maximum Gasteiger partial charge on any atom is 0.266 e. The van der Waals surface area contributed by atoms with Crippen LogP contribution in [-0.4, -0.2) is 18.6 Å². The molecule has 0 amide bonds. The normalized spacial score (nSPS) is 11.6. The number of sulfonamides is 1. The molecule has 0 aliphatic heterocycles. The first kappa shape index (κ1) is 14.3. The minimum Gasteiger partial charge on any atom is -0.399 e. The van der Waals surface area contributed by atoms with Crippen molar-refractivity contribution in [1.82, 2.24) is 10.2 Å². The van der Waals surface area contributed by atoms with Crippen LogP contribution >= 0.6 is 0 Å². The number of halogens is 2. The van der Waals surface area contributed by atoms with E-state index in [4.69, 9.17) is 5.73 Å². The van der Waals surface area contributed by atoms with Gasteiger partial charge in [-0.25, -0.2) is 17.2 Å². The fourth-order valence-corrected chi connectivity index (χ4v) is 2.68. The number of nitrogens with one attached hydrogen (secondary N) is 2. The van der Waals surface area contributed by atoms with Gasteiger partial charge in [-0.2, -0.15) is 5.10 Å². The summed E-state index contributed by atoms with van der Waals surface area (Å²) in [6.07, 6.45) is 0.621. The maximum atomic E-state index is 13.6. The Kier molecular flexibility index (Phi) is 3.62. The molecule has 0 unspecified atom stereocenters. The van der Waals surface area contributed by atoms with Crippen LogP contribution in [0.15, 0.2) is 23.1 Å². The minimum absolute atomic E-state index is 0.0101. The summed E-state index contributed by atoms with van der Waals surface area (Å²) in [4.78, 5) is -0.865. The number of aromatic amines is 1. The van der Waals surface area contributed by atoms with Crippen LogP contribution in [0, 0.1) is 11.6 Å². The van der Waals surface area contributed by atoms with Gasteiger partial charge in [0.2, 0.25) is 0 Å². The number of nitrogens with zero attached hydrogens (tertiary/aromatic N) is 1. The van der Waals surface area contributed by atoms with E-state index in [1.807, 2.05) is 6.92 Å². The first-order valence-electron chi connectivity index (χ1n) is 5.65. The van der Waals surface area contributed by atoms with Crippen molar-refractivity contribution >= 4 is 21.5 Å². The monoisotopic (exact) mass is 302 g/mol. The fraction of sp³-hybridized carbons (Fsp3) is 0.182. The molecule has 0 aliphatic rings. The first-order valence-corrected chi connectivity index (χ1v) is 7.13. The van der Waals surface area contributed by atoms with E-state index in [0.29, 0.717) is 18.2 Å². The molecule has 1 aromatic heterocycles. The third-order valence-corrected chi connectivity index (χ3v) is 3.91. The van der Waals surface area contributed by atoms with Crippen molar-refractivity contribution in [2.24, 2.45) is 0 Å². The minimum atomic E-state index is -4.31. The lowest BCUT2D eigenvalue weighted by molar-refractivity contribution is 0.486. The van der Waals surface area contributed by atoms with Crippen molar-refractivity contribution in [3.05, 3.63) is 35.5 Å². The fourth-order valence-electron chi connectivity index (χ4n) is 1.57. The van der Waals surface area contributed by atoms with Crippen molar-refractivity contribution in [1.29, 1.82) is 0 Å². The highest BCUT2D eigenvalue weighted by Crippen LogP contribution is 2.23. The number of hydrogen-bond donors (Lipinski definition) is 3. The lowest BCUT2D eigenvalue weighted by atomic mass is 10.3. The summed E-state index contributed by atoms with van der Waals surface area (Å²) in [6.45, 7) is 1.85. The predicted molar refractivity (Wildman–Crippen MR) is 69.5 cm³/mol. The van der Waals surface area contributed by atoms with Gasteiger partial charge in [0.1, 0.15) is 4.90 Å². The van der Waals surface area contributed by atoms with Crippen LogP contribution in [0.25, 0.3) is 0 Å². The second-order valence-electron chi connectivity index (χ2n) is 4.05. The van der Waals surface area contributed by atoms with Crippen molar-refractivity contribution in [3.63, 3.8) is 0 Å². The van der Waals surface area contributed by atoms with Gasteiger partial charge in [-0.1, -0.05) is 6.92 Å². The van der Waals surface area contributed by atoms with E-state index in [-0.39, 0.29) is 11.5 Å². The molecule has 6 nitrogen and oxygen atoms in total. The lowest BCUT2D eigenvalue weighted by Gasteiger charge is -2.07. The summed E-state index contributed by atoms with van der Waals surface area (Å²) in [5.74, 6) is -2.83. The largest absolute Gasteiger partial charge is 0.399 e. The molecule has 2 aromatic rings. The second kappa shape index (κ2) is 5.08. The topological polar surface area (TPSA) is 101 Å². The van der Waals surface area contributed by atoms with Crippen LogP contribution in [0.1, 0.15) is 12.6 Å². The van der Waals surface area contributed by atoms with Gasteiger partial charge in [-0.3, -0.25) is 9.82 Å². The number of nitrogens with two attached hydrogens (primary N) is 1. The van der Waals surface area contributed by atoms with Gasteiger partial charge in [-0.15, -0.1) is 0 Å². The molecule has 0 atom stereocenters. The number of aryl methyl sites for hydroxylation is 1. The molecule has 0 fully saturated rings. The van der Waals surface area contributed by atoms with E-state index in [2.05, 4.69) is 14.9 Å².